The lowest BCUT2D eigenvalue weighted by Gasteiger charge is -2.24. The third-order valence-electron chi connectivity index (χ3n) is 5.00. The van der Waals surface area contributed by atoms with Gasteiger partial charge in [-0.1, -0.05) is 18.2 Å². The van der Waals surface area contributed by atoms with Crippen LogP contribution in [0.2, 0.25) is 0 Å². The van der Waals surface area contributed by atoms with Crippen LogP contribution in [-0.4, -0.2) is 55.5 Å². The molecule has 1 N–H and O–H groups in total. The maximum Gasteiger partial charge on any atom is 0.236 e. The molecule has 2 aliphatic heterocycles. The van der Waals surface area contributed by atoms with Crippen LogP contribution in [-0.2, 0) is 11.3 Å². The SMILES string of the molecule is CN(Cc1ccccc1F)C(=O)CN1CCC2(CCNC2)C1.Cl. The standard InChI is InChI=1S/C17H24FN3O.ClH/c1-20(10-14-4-2-3-5-15(14)18)16(22)11-21-9-7-17(13-21)6-8-19-12-17;/h2-5,19H,6-13H2,1H3;1H. The smallest absolute Gasteiger partial charge is 0.236 e. The van der Waals surface area contributed by atoms with Crippen LogP contribution in [0.4, 0.5) is 4.39 Å². The van der Waals surface area contributed by atoms with E-state index in [1.165, 1.54) is 18.9 Å². The zero-order valence-corrected chi connectivity index (χ0v) is 14.4. The summed E-state index contributed by atoms with van der Waals surface area (Å²) in [5.41, 5.74) is 0.945. The molecule has 0 aromatic heterocycles. The van der Waals surface area contributed by atoms with Gasteiger partial charge in [0.1, 0.15) is 5.82 Å². The highest BCUT2D eigenvalue weighted by Gasteiger charge is 2.40. The minimum atomic E-state index is -0.251. The van der Waals surface area contributed by atoms with E-state index in [1.54, 1.807) is 30.1 Å². The van der Waals surface area contributed by atoms with Crippen molar-refractivity contribution in [3.63, 3.8) is 0 Å². The molecule has 1 aromatic carbocycles. The van der Waals surface area contributed by atoms with Crippen LogP contribution < -0.4 is 5.32 Å². The van der Waals surface area contributed by atoms with Crippen molar-refractivity contribution < 1.29 is 9.18 Å². The summed E-state index contributed by atoms with van der Waals surface area (Å²) in [5.74, 6) is -0.189. The number of likely N-dealkylation sites (tertiary alicyclic amines) is 1. The maximum absolute atomic E-state index is 13.7. The van der Waals surface area contributed by atoms with Gasteiger partial charge in [-0.05, 0) is 37.4 Å². The van der Waals surface area contributed by atoms with E-state index < -0.39 is 0 Å². The van der Waals surface area contributed by atoms with E-state index in [-0.39, 0.29) is 24.1 Å². The fraction of sp³-hybridized carbons (Fsp3) is 0.588. The molecule has 1 amide bonds. The first-order chi connectivity index (χ1) is 10.6. The molecular formula is C17H25ClFN3O. The zero-order valence-electron chi connectivity index (χ0n) is 13.6. The third-order valence-corrected chi connectivity index (χ3v) is 5.00. The molecule has 1 atom stereocenters. The number of likely N-dealkylation sites (N-methyl/N-ethyl adjacent to an activating group) is 1. The number of halogens is 2. The summed E-state index contributed by atoms with van der Waals surface area (Å²) in [6, 6.07) is 6.63. The molecule has 2 fully saturated rings. The van der Waals surface area contributed by atoms with E-state index in [0.717, 1.165) is 26.2 Å². The second-order valence-electron chi connectivity index (χ2n) is 6.73. The van der Waals surface area contributed by atoms with Crippen molar-refractivity contribution in [3.05, 3.63) is 35.6 Å². The van der Waals surface area contributed by atoms with Crippen molar-refractivity contribution in [1.29, 1.82) is 0 Å². The zero-order chi connectivity index (χ0) is 15.6. The van der Waals surface area contributed by atoms with E-state index in [1.807, 2.05) is 0 Å². The number of rotatable bonds is 4. The van der Waals surface area contributed by atoms with Crippen molar-refractivity contribution in [2.24, 2.45) is 5.41 Å². The van der Waals surface area contributed by atoms with Crippen LogP contribution >= 0.6 is 12.4 Å². The van der Waals surface area contributed by atoms with Crippen LogP contribution in [0.25, 0.3) is 0 Å². The Bertz CT molecular complexity index is 548. The molecule has 1 unspecified atom stereocenters. The van der Waals surface area contributed by atoms with E-state index in [9.17, 15) is 9.18 Å². The molecule has 6 heteroatoms. The van der Waals surface area contributed by atoms with E-state index >= 15 is 0 Å². The van der Waals surface area contributed by atoms with Gasteiger partial charge in [0.15, 0.2) is 0 Å². The first-order valence-corrected chi connectivity index (χ1v) is 7.98. The Hall–Kier alpha value is -1.17. The highest BCUT2D eigenvalue weighted by atomic mass is 35.5. The van der Waals surface area contributed by atoms with Crippen molar-refractivity contribution in [2.75, 3.05) is 39.8 Å². The number of benzene rings is 1. The Labute approximate surface area is 143 Å². The Kier molecular flexibility index (Phi) is 6.00. The molecule has 1 spiro atoms. The van der Waals surface area contributed by atoms with Crippen molar-refractivity contribution in [1.82, 2.24) is 15.1 Å². The lowest BCUT2D eigenvalue weighted by molar-refractivity contribution is -0.131. The summed E-state index contributed by atoms with van der Waals surface area (Å²) in [4.78, 5) is 16.2. The first-order valence-electron chi connectivity index (χ1n) is 7.98. The van der Waals surface area contributed by atoms with Crippen molar-refractivity contribution in [3.8, 4) is 0 Å². The lowest BCUT2D eigenvalue weighted by atomic mass is 9.87. The van der Waals surface area contributed by atoms with Gasteiger partial charge in [0.05, 0.1) is 6.54 Å². The summed E-state index contributed by atoms with van der Waals surface area (Å²) in [7, 11) is 1.75. The normalized spacial score (nSPS) is 23.9. The molecule has 2 heterocycles. The van der Waals surface area contributed by atoms with Gasteiger partial charge in [0.25, 0.3) is 0 Å². The first kappa shape index (κ1) is 18.2. The highest BCUT2D eigenvalue weighted by Crippen LogP contribution is 2.35. The van der Waals surface area contributed by atoms with Crippen LogP contribution in [0.1, 0.15) is 18.4 Å². The van der Waals surface area contributed by atoms with Crippen LogP contribution in [0, 0.1) is 11.2 Å². The van der Waals surface area contributed by atoms with Gasteiger partial charge < -0.3 is 10.2 Å². The highest BCUT2D eigenvalue weighted by molar-refractivity contribution is 5.85. The fourth-order valence-corrected chi connectivity index (χ4v) is 3.59. The van der Waals surface area contributed by atoms with Gasteiger partial charge in [-0.25, -0.2) is 4.39 Å². The number of carbonyl (C=O) groups excluding carboxylic acids is 1. The predicted molar refractivity (Wildman–Crippen MR) is 91.1 cm³/mol. The molecular weight excluding hydrogens is 317 g/mol. The van der Waals surface area contributed by atoms with Crippen LogP contribution in [0.15, 0.2) is 24.3 Å². The second kappa shape index (κ2) is 7.60. The molecule has 2 saturated heterocycles. The monoisotopic (exact) mass is 341 g/mol. The quantitative estimate of drug-likeness (QED) is 0.908. The fourth-order valence-electron chi connectivity index (χ4n) is 3.59. The average molecular weight is 342 g/mol. The summed E-state index contributed by atoms with van der Waals surface area (Å²) < 4.78 is 13.7. The molecule has 0 radical (unpaired) electrons. The number of nitrogens with zero attached hydrogens (tertiary/aromatic N) is 2. The second-order valence-corrected chi connectivity index (χ2v) is 6.73. The molecule has 4 nitrogen and oxygen atoms in total. The Morgan fingerprint density at radius 1 is 1.39 bits per heavy atom. The number of carbonyl (C=O) groups is 1. The summed E-state index contributed by atoms with van der Waals surface area (Å²) in [6.45, 7) is 4.91. The topological polar surface area (TPSA) is 35.6 Å². The van der Waals surface area contributed by atoms with E-state index in [0.29, 0.717) is 24.1 Å². The Morgan fingerprint density at radius 2 is 2.17 bits per heavy atom. The molecule has 0 aliphatic carbocycles. The average Bonchev–Trinajstić information content (AvgIpc) is 3.12. The maximum atomic E-state index is 13.7. The van der Waals surface area contributed by atoms with Gasteiger partial charge >= 0.3 is 0 Å². The third kappa shape index (κ3) is 4.22. The molecule has 128 valence electrons. The predicted octanol–water partition coefficient (Wildman–Crippen LogP) is 1.89. The Balaban J connectivity index is 0.00000192. The van der Waals surface area contributed by atoms with Gasteiger partial charge in [-0.3, -0.25) is 9.69 Å². The number of nitrogens with one attached hydrogen (secondary N) is 1. The van der Waals surface area contributed by atoms with Crippen molar-refractivity contribution >= 4 is 18.3 Å². The summed E-state index contributed by atoms with van der Waals surface area (Å²) >= 11 is 0. The van der Waals surface area contributed by atoms with E-state index in [2.05, 4.69) is 10.2 Å². The number of hydrogen-bond acceptors (Lipinski definition) is 3. The van der Waals surface area contributed by atoms with Crippen LogP contribution in [0.3, 0.4) is 0 Å². The molecule has 0 saturated carbocycles. The molecule has 3 rings (SSSR count). The summed E-state index contributed by atoms with van der Waals surface area (Å²) in [5, 5.41) is 3.43. The number of amides is 1. The Morgan fingerprint density at radius 3 is 2.87 bits per heavy atom. The molecule has 0 bridgehead atoms. The minimum Gasteiger partial charge on any atom is -0.340 e. The molecule has 1 aromatic rings. The summed E-state index contributed by atoms with van der Waals surface area (Å²) in [6.07, 6.45) is 2.38. The van der Waals surface area contributed by atoms with Gasteiger partial charge in [0.2, 0.25) is 5.91 Å². The number of hydrogen-bond donors (Lipinski definition) is 1. The van der Waals surface area contributed by atoms with Gasteiger partial charge in [-0.15, -0.1) is 12.4 Å². The molecule has 2 aliphatic rings. The minimum absolute atomic E-state index is 0. The van der Waals surface area contributed by atoms with E-state index in [4.69, 9.17) is 0 Å². The van der Waals surface area contributed by atoms with Gasteiger partial charge in [0, 0.05) is 32.2 Å². The largest absolute Gasteiger partial charge is 0.340 e. The van der Waals surface area contributed by atoms with Gasteiger partial charge in [-0.2, -0.15) is 0 Å². The lowest BCUT2D eigenvalue weighted by Crippen LogP contribution is -2.38. The van der Waals surface area contributed by atoms with Crippen molar-refractivity contribution in [2.45, 2.75) is 19.4 Å². The molecule has 23 heavy (non-hydrogen) atoms. The van der Waals surface area contributed by atoms with Crippen LogP contribution in [0.5, 0.6) is 0 Å².